The predicted octanol–water partition coefficient (Wildman–Crippen LogP) is 4.85. The molecule has 0 unspecified atom stereocenters. The predicted molar refractivity (Wildman–Crippen MR) is 140 cm³/mol. The average Bonchev–Trinajstić information content (AvgIpc) is 2.80. The first-order valence-electron chi connectivity index (χ1n) is 13.3. The second kappa shape index (κ2) is 20.0. The van der Waals surface area contributed by atoms with Crippen molar-refractivity contribution in [3.63, 3.8) is 0 Å². The zero-order valence-electron chi connectivity index (χ0n) is 21.3. The third-order valence-electron chi connectivity index (χ3n) is 6.13. The first-order valence-corrected chi connectivity index (χ1v) is 14.9. The summed E-state index contributed by atoms with van der Waals surface area (Å²) in [5.41, 5.74) is 0. The minimum Gasteiger partial charge on any atom is -0.464 e. The van der Waals surface area contributed by atoms with Crippen LogP contribution in [-0.2, 0) is 19.6 Å². The van der Waals surface area contributed by atoms with Crippen molar-refractivity contribution in [2.75, 3.05) is 51.6 Å². The van der Waals surface area contributed by atoms with Gasteiger partial charge in [0.05, 0.1) is 5.75 Å². The van der Waals surface area contributed by atoms with Gasteiger partial charge in [0.1, 0.15) is 6.61 Å². The quantitative estimate of drug-likeness (QED) is 0.111. The summed E-state index contributed by atoms with van der Waals surface area (Å²) in [7, 11) is -3.90. The molecule has 1 aliphatic heterocycles. The van der Waals surface area contributed by atoms with Crippen LogP contribution in [-0.4, -0.2) is 80.4 Å². The molecule has 1 N–H and O–H groups in total. The molecule has 1 rings (SSSR count). The van der Waals surface area contributed by atoms with Gasteiger partial charge in [-0.2, -0.15) is 8.42 Å². The fourth-order valence-corrected chi connectivity index (χ4v) is 4.41. The van der Waals surface area contributed by atoms with Crippen LogP contribution in [0.3, 0.4) is 0 Å². The van der Waals surface area contributed by atoms with Crippen LogP contribution < -0.4 is 0 Å². The van der Waals surface area contributed by atoms with E-state index in [-0.39, 0.29) is 11.7 Å². The van der Waals surface area contributed by atoms with Crippen molar-refractivity contribution in [1.82, 2.24) is 9.80 Å². The highest BCUT2D eigenvalue weighted by molar-refractivity contribution is 7.85. The van der Waals surface area contributed by atoms with Gasteiger partial charge in [-0.05, 0) is 38.5 Å². The summed E-state index contributed by atoms with van der Waals surface area (Å²) in [5, 5.41) is 0. The van der Waals surface area contributed by atoms with Gasteiger partial charge in [-0.15, -0.1) is 0 Å². The number of nitrogens with zero attached hydrogens (tertiary/aromatic N) is 2. The molecule has 0 saturated carbocycles. The van der Waals surface area contributed by atoms with E-state index in [4.69, 9.17) is 9.29 Å². The Labute approximate surface area is 208 Å². The first kappa shape index (κ1) is 30.8. The summed E-state index contributed by atoms with van der Waals surface area (Å²) in [6, 6.07) is 0. The first-order chi connectivity index (χ1) is 16.4. The van der Waals surface area contributed by atoms with Crippen LogP contribution in [0.5, 0.6) is 0 Å². The van der Waals surface area contributed by atoms with E-state index in [9.17, 15) is 13.2 Å². The molecule has 7 nitrogen and oxygen atoms in total. The van der Waals surface area contributed by atoms with Crippen LogP contribution in [0.4, 0.5) is 0 Å². The number of hydrogen-bond donors (Lipinski definition) is 1. The van der Waals surface area contributed by atoms with Crippen LogP contribution in [0, 0.1) is 0 Å². The van der Waals surface area contributed by atoms with Crippen molar-refractivity contribution in [1.29, 1.82) is 0 Å². The molecule has 1 heterocycles. The molecular formula is C26H48N2O5S. The van der Waals surface area contributed by atoms with Crippen LogP contribution in [0.1, 0.15) is 84.0 Å². The normalized spacial score (nSPS) is 16.1. The Bertz CT molecular complexity index is 671. The number of esters is 1. The lowest BCUT2D eigenvalue weighted by Crippen LogP contribution is -2.48. The van der Waals surface area contributed by atoms with Gasteiger partial charge >= 0.3 is 5.97 Å². The highest BCUT2D eigenvalue weighted by atomic mass is 32.2. The zero-order chi connectivity index (χ0) is 24.9. The van der Waals surface area contributed by atoms with Crippen LogP contribution in [0.15, 0.2) is 24.3 Å². The van der Waals surface area contributed by atoms with Gasteiger partial charge in [0, 0.05) is 45.7 Å². The SMILES string of the molecule is CCCCC/C=C\C/C=C\CCCCCCCC(=O)OCCN1CCN(CCS(=O)(=O)O)CC1. The van der Waals surface area contributed by atoms with Gasteiger partial charge in [0.15, 0.2) is 0 Å². The summed E-state index contributed by atoms with van der Waals surface area (Å²) in [5.74, 6) is -0.337. The number of carbonyl (C=O) groups is 1. The standard InChI is InChI=1S/C26H48N2O5S/c1-2-3-4-5-6-7-8-9-10-11-12-13-14-15-16-17-26(29)33-24-22-27-18-20-28(21-19-27)23-25-34(30,31)32/h6-7,9-10H,2-5,8,11-25H2,1H3,(H,30,31,32)/b7-6-,10-9-. The molecule has 0 aromatic rings. The molecule has 1 fully saturated rings. The Morgan fingerprint density at radius 3 is 2.00 bits per heavy atom. The van der Waals surface area contributed by atoms with Gasteiger partial charge in [0.2, 0.25) is 0 Å². The largest absolute Gasteiger partial charge is 0.464 e. The molecular weight excluding hydrogens is 452 g/mol. The van der Waals surface area contributed by atoms with Gasteiger partial charge in [-0.25, -0.2) is 0 Å². The van der Waals surface area contributed by atoms with E-state index in [0.717, 1.165) is 51.9 Å². The molecule has 0 radical (unpaired) electrons. The molecule has 198 valence electrons. The average molecular weight is 501 g/mol. The number of carbonyl (C=O) groups excluding carboxylic acids is 1. The van der Waals surface area contributed by atoms with Gasteiger partial charge in [-0.3, -0.25) is 19.1 Å². The Morgan fingerprint density at radius 2 is 1.38 bits per heavy atom. The number of piperazine rings is 1. The Kier molecular flexibility index (Phi) is 18.1. The summed E-state index contributed by atoms with van der Waals surface area (Å²) < 4.78 is 35.9. The van der Waals surface area contributed by atoms with Crippen LogP contribution in [0.2, 0.25) is 0 Å². The number of rotatable bonds is 20. The maximum absolute atomic E-state index is 11.9. The highest BCUT2D eigenvalue weighted by Crippen LogP contribution is 2.09. The second-order valence-electron chi connectivity index (χ2n) is 9.17. The number of unbranched alkanes of at least 4 members (excludes halogenated alkanes) is 8. The lowest BCUT2D eigenvalue weighted by Gasteiger charge is -2.34. The lowest BCUT2D eigenvalue weighted by molar-refractivity contribution is -0.144. The van der Waals surface area contributed by atoms with Crippen molar-refractivity contribution in [2.45, 2.75) is 84.0 Å². The van der Waals surface area contributed by atoms with E-state index in [1.165, 1.54) is 44.9 Å². The highest BCUT2D eigenvalue weighted by Gasteiger charge is 2.18. The maximum Gasteiger partial charge on any atom is 0.305 e. The molecule has 0 bridgehead atoms. The Morgan fingerprint density at radius 1 is 0.824 bits per heavy atom. The smallest absolute Gasteiger partial charge is 0.305 e. The summed E-state index contributed by atoms with van der Waals surface area (Å²) in [6.07, 6.45) is 22.5. The van der Waals surface area contributed by atoms with Crippen molar-refractivity contribution in [2.24, 2.45) is 0 Å². The molecule has 8 heteroatoms. The molecule has 1 aliphatic rings. The maximum atomic E-state index is 11.9. The summed E-state index contributed by atoms with van der Waals surface area (Å²) in [6.45, 7) is 6.85. The molecule has 0 aliphatic carbocycles. The molecule has 0 atom stereocenters. The topological polar surface area (TPSA) is 87.2 Å². The van der Waals surface area contributed by atoms with Gasteiger partial charge in [0.25, 0.3) is 10.1 Å². The Balaban J connectivity index is 1.88. The number of hydrogen-bond acceptors (Lipinski definition) is 6. The van der Waals surface area contributed by atoms with Crippen molar-refractivity contribution < 1.29 is 22.5 Å². The third kappa shape index (κ3) is 19.1. The zero-order valence-corrected chi connectivity index (χ0v) is 22.2. The van der Waals surface area contributed by atoms with Gasteiger partial charge in [-0.1, -0.05) is 63.3 Å². The summed E-state index contributed by atoms with van der Waals surface area (Å²) >= 11 is 0. The Hall–Kier alpha value is -1.22. The van der Waals surface area contributed by atoms with Gasteiger partial charge < -0.3 is 4.74 Å². The fraction of sp³-hybridized carbons (Fsp3) is 0.808. The van der Waals surface area contributed by atoms with E-state index >= 15 is 0 Å². The molecule has 1 saturated heterocycles. The van der Waals surface area contributed by atoms with Crippen molar-refractivity contribution in [3.05, 3.63) is 24.3 Å². The lowest BCUT2D eigenvalue weighted by atomic mass is 10.1. The third-order valence-corrected chi connectivity index (χ3v) is 6.83. The van der Waals surface area contributed by atoms with E-state index in [1.807, 2.05) is 4.90 Å². The monoisotopic (exact) mass is 500 g/mol. The van der Waals surface area contributed by atoms with Crippen molar-refractivity contribution >= 4 is 16.1 Å². The molecule has 0 amide bonds. The molecule has 0 aromatic heterocycles. The number of ether oxygens (including phenoxy) is 1. The number of allylic oxidation sites excluding steroid dienone is 4. The molecule has 0 spiro atoms. The van der Waals surface area contributed by atoms with Crippen LogP contribution in [0.25, 0.3) is 0 Å². The second-order valence-corrected chi connectivity index (χ2v) is 10.7. The fourth-order valence-electron chi connectivity index (χ4n) is 3.92. The van der Waals surface area contributed by atoms with Crippen LogP contribution >= 0.6 is 0 Å². The minimum absolute atomic E-state index is 0.113. The van der Waals surface area contributed by atoms with E-state index in [2.05, 4.69) is 36.1 Å². The van der Waals surface area contributed by atoms with E-state index in [0.29, 0.717) is 26.1 Å². The van der Waals surface area contributed by atoms with E-state index < -0.39 is 10.1 Å². The summed E-state index contributed by atoms with van der Waals surface area (Å²) in [4.78, 5) is 16.2. The molecule has 34 heavy (non-hydrogen) atoms. The van der Waals surface area contributed by atoms with E-state index in [1.54, 1.807) is 0 Å². The minimum atomic E-state index is -3.90. The molecule has 0 aromatic carbocycles. The van der Waals surface area contributed by atoms with Crippen molar-refractivity contribution in [3.8, 4) is 0 Å².